The average Bonchev–Trinajstić information content (AvgIpc) is 3.25. The number of aliphatic imine (C=N–C) groups is 1. The largest absolute Gasteiger partial charge is 0.359 e. The molecule has 158 valence electrons. The normalized spacial score (nSPS) is 17.0. The van der Waals surface area contributed by atoms with Gasteiger partial charge in [-0.25, -0.2) is 0 Å². The first kappa shape index (κ1) is 22.7. The van der Waals surface area contributed by atoms with Gasteiger partial charge >= 0.3 is 0 Å². The molecule has 0 bridgehead atoms. The van der Waals surface area contributed by atoms with Crippen molar-refractivity contribution in [2.75, 3.05) is 46.3 Å². The molecule has 0 spiro atoms. The van der Waals surface area contributed by atoms with Crippen molar-refractivity contribution in [3.05, 3.63) is 22.4 Å². The summed E-state index contributed by atoms with van der Waals surface area (Å²) in [5, 5.41) is 10.6. The third-order valence-corrected chi connectivity index (χ3v) is 6.30. The van der Waals surface area contributed by atoms with E-state index in [9.17, 15) is 4.79 Å². The molecule has 1 aromatic heterocycles. The van der Waals surface area contributed by atoms with Crippen LogP contribution in [0.1, 0.15) is 51.6 Å². The fourth-order valence-electron chi connectivity index (χ4n) is 3.87. The predicted molar refractivity (Wildman–Crippen MR) is 119 cm³/mol. The minimum atomic E-state index is 0.150. The van der Waals surface area contributed by atoms with Crippen molar-refractivity contribution in [2.45, 2.75) is 46.1 Å². The molecule has 1 unspecified atom stereocenters. The number of carbonyl (C=O) groups is 1. The summed E-state index contributed by atoms with van der Waals surface area (Å²) in [6, 6.07) is 2.54. The first-order chi connectivity index (χ1) is 13.6. The highest BCUT2D eigenvalue weighted by Crippen LogP contribution is 2.24. The zero-order valence-corrected chi connectivity index (χ0v) is 18.7. The standard InChI is InChI=1S/C21H37N5OS/c1-5-23-21(26-11-8-17(9-12-26)14-20(27)22-4)24-15-19(25(6-2)7-3)18-10-13-28-16-18/h10,13,16-17,19H,5-9,11-12,14-15H2,1-4H3,(H,22,27)(H,23,24). The van der Waals surface area contributed by atoms with Gasteiger partial charge in [0.1, 0.15) is 0 Å². The lowest BCUT2D eigenvalue weighted by atomic mass is 9.93. The molecule has 1 aliphatic heterocycles. The summed E-state index contributed by atoms with van der Waals surface area (Å²) in [6.07, 6.45) is 2.73. The van der Waals surface area contributed by atoms with Gasteiger partial charge in [0.25, 0.3) is 0 Å². The summed E-state index contributed by atoms with van der Waals surface area (Å²) >= 11 is 1.75. The first-order valence-corrected chi connectivity index (χ1v) is 11.6. The van der Waals surface area contributed by atoms with Gasteiger partial charge in [-0.2, -0.15) is 11.3 Å². The van der Waals surface area contributed by atoms with Crippen LogP contribution in [0.5, 0.6) is 0 Å². The Hall–Kier alpha value is -1.60. The van der Waals surface area contributed by atoms with Crippen molar-refractivity contribution < 1.29 is 4.79 Å². The van der Waals surface area contributed by atoms with Crippen LogP contribution in [0.15, 0.2) is 21.8 Å². The molecule has 1 aliphatic rings. The summed E-state index contributed by atoms with van der Waals surface area (Å²) in [4.78, 5) is 21.5. The SMILES string of the molecule is CCNC(=NCC(c1ccsc1)N(CC)CC)N1CCC(CC(=O)NC)CC1. The van der Waals surface area contributed by atoms with Crippen LogP contribution in [0.25, 0.3) is 0 Å². The lowest BCUT2D eigenvalue weighted by Crippen LogP contribution is -2.46. The third-order valence-electron chi connectivity index (χ3n) is 5.60. The van der Waals surface area contributed by atoms with Crippen molar-refractivity contribution >= 4 is 23.2 Å². The van der Waals surface area contributed by atoms with Gasteiger partial charge < -0.3 is 15.5 Å². The summed E-state index contributed by atoms with van der Waals surface area (Å²) in [6.45, 7) is 12.1. The fraction of sp³-hybridized carbons (Fsp3) is 0.714. The van der Waals surface area contributed by atoms with E-state index in [0.717, 1.165) is 58.1 Å². The Bertz CT molecular complexity index is 592. The lowest BCUT2D eigenvalue weighted by molar-refractivity contribution is -0.121. The fourth-order valence-corrected chi connectivity index (χ4v) is 4.58. The van der Waals surface area contributed by atoms with Crippen LogP contribution in [0.4, 0.5) is 0 Å². The molecule has 7 heteroatoms. The molecule has 2 N–H and O–H groups in total. The molecule has 1 aromatic rings. The maximum Gasteiger partial charge on any atom is 0.220 e. The Balaban J connectivity index is 2.03. The van der Waals surface area contributed by atoms with Gasteiger partial charge in [-0.1, -0.05) is 13.8 Å². The monoisotopic (exact) mass is 407 g/mol. The summed E-state index contributed by atoms with van der Waals surface area (Å²) < 4.78 is 0. The van der Waals surface area contributed by atoms with Crippen LogP contribution < -0.4 is 10.6 Å². The molecular formula is C21H37N5OS. The quantitative estimate of drug-likeness (QED) is 0.488. The molecule has 0 aromatic carbocycles. The lowest BCUT2D eigenvalue weighted by Gasteiger charge is -2.35. The maximum atomic E-state index is 11.6. The molecule has 0 aliphatic carbocycles. The van der Waals surface area contributed by atoms with Gasteiger partial charge in [-0.15, -0.1) is 0 Å². The van der Waals surface area contributed by atoms with E-state index in [0.29, 0.717) is 18.4 Å². The predicted octanol–water partition coefficient (Wildman–Crippen LogP) is 2.94. The van der Waals surface area contributed by atoms with Crippen molar-refractivity contribution in [2.24, 2.45) is 10.9 Å². The van der Waals surface area contributed by atoms with Crippen molar-refractivity contribution in [1.82, 2.24) is 20.4 Å². The number of guanidine groups is 1. The molecule has 0 saturated carbocycles. The Morgan fingerprint density at radius 3 is 2.57 bits per heavy atom. The number of amides is 1. The zero-order valence-electron chi connectivity index (χ0n) is 17.9. The maximum absolute atomic E-state index is 11.6. The molecule has 6 nitrogen and oxygen atoms in total. The molecule has 0 radical (unpaired) electrons. The van der Waals surface area contributed by atoms with E-state index in [4.69, 9.17) is 4.99 Å². The minimum Gasteiger partial charge on any atom is -0.359 e. The molecule has 2 heterocycles. The second-order valence-corrected chi connectivity index (χ2v) is 8.08. The van der Waals surface area contributed by atoms with Gasteiger partial charge in [0.2, 0.25) is 5.91 Å². The van der Waals surface area contributed by atoms with E-state index in [1.807, 2.05) is 0 Å². The number of carbonyl (C=O) groups excluding carboxylic acids is 1. The molecule has 1 amide bonds. The second-order valence-electron chi connectivity index (χ2n) is 7.30. The van der Waals surface area contributed by atoms with Crippen molar-refractivity contribution in [3.8, 4) is 0 Å². The first-order valence-electron chi connectivity index (χ1n) is 10.6. The van der Waals surface area contributed by atoms with E-state index in [-0.39, 0.29) is 5.91 Å². The Kier molecular flexibility index (Phi) is 9.78. The van der Waals surface area contributed by atoms with Gasteiger partial charge in [0, 0.05) is 33.1 Å². The van der Waals surface area contributed by atoms with E-state index >= 15 is 0 Å². The van der Waals surface area contributed by atoms with Crippen LogP contribution in [0, 0.1) is 5.92 Å². The highest BCUT2D eigenvalue weighted by atomic mass is 32.1. The summed E-state index contributed by atoms with van der Waals surface area (Å²) in [5.41, 5.74) is 1.36. The van der Waals surface area contributed by atoms with Gasteiger partial charge in [0.05, 0.1) is 12.6 Å². The van der Waals surface area contributed by atoms with E-state index in [2.05, 4.69) is 58.0 Å². The Morgan fingerprint density at radius 1 is 1.32 bits per heavy atom. The molecule has 28 heavy (non-hydrogen) atoms. The van der Waals surface area contributed by atoms with Crippen molar-refractivity contribution in [1.29, 1.82) is 0 Å². The number of hydrogen-bond acceptors (Lipinski definition) is 4. The van der Waals surface area contributed by atoms with Crippen LogP contribution in [-0.2, 0) is 4.79 Å². The topological polar surface area (TPSA) is 60.0 Å². The number of piperidine rings is 1. The summed E-state index contributed by atoms with van der Waals surface area (Å²) in [5.74, 6) is 1.64. The van der Waals surface area contributed by atoms with Crippen LogP contribution in [0.2, 0.25) is 0 Å². The molecule has 1 fully saturated rings. The van der Waals surface area contributed by atoms with Crippen LogP contribution >= 0.6 is 11.3 Å². The number of likely N-dealkylation sites (N-methyl/N-ethyl adjacent to an activating group) is 1. The third kappa shape index (κ3) is 6.48. The highest BCUT2D eigenvalue weighted by molar-refractivity contribution is 7.07. The number of nitrogens with zero attached hydrogens (tertiary/aromatic N) is 3. The molecular weight excluding hydrogens is 370 g/mol. The second kappa shape index (κ2) is 12.1. The number of likely N-dealkylation sites (tertiary alicyclic amines) is 1. The van der Waals surface area contributed by atoms with Crippen LogP contribution in [0.3, 0.4) is 0 Å². The Morgan fingerprint density at radius 2 is 2.04 bits per heavy atom. The summed E-state index contributed by atoms with van der Waals surface area (Å²) in [7, 11) is 1.72. The van der Waals surface area contributed by atoms with Gasteiger partial charge in [-0.05, 0) is 61.2 Å². The van der Waals surface area contributed by atoms with Gasteiger partial charge in [0.15, 0.2) is 5.96 Å². The zero-order chi connectivity index (χ0) is 20.4. The van der Waals surface area contributed by atoms with E-state index in [1.165, 1.54) is 5.56 Å². The molecule has 1 saturated heterocycles. The van der Waals surface area contributed by atoms with Crippen molar-refractivity contribution in [3.63, 3.8) is 0 Å². The number of nitrogens with one attached hydrogen (secondary N) is 2. The molecule has 1 atom stereocenters. The number of thiophene rings is 1. The Labute approximate surface area is 174 Å². The minimum absolute atomic E-state index is 0.150. The number of hydrogen-bond donors (Lipinski definition) is 2. The van der Waals surface area contributed by atoms with E-state index < -0.39 is 0 Å². The van der Waals surface area contributed by atoms with E-state index in [1.54, 1.807) is 18.4 Å². The molecule has 2 rings (SSSR count). The van der Waals surface area contributed by atoms with Crippen LogP contribution in [-0.4, -0.2) is 68.0 Å². The average molecular weight is 408 g/mol. The smallest absolute Gasteiger partial charge is 0.220 e. The highest BCUT2D eigenvalue weighted by Gasteiger charge is 2.24. The van der Waals surface area contributed by atoms with Gasteiger partial charge in [-0.3, -0.25) is 14.7 Å². The number of rotatable bonds is 9.